The lowest BCUT2D eigenvalue weighted by molar-refractivity contribution is -0.380. The maximum atomic E-state index is 11.8. The summed E-state index contributed by atoms with van der Waals surface area (Å²) in [5, 5.41) is 11.0. The molecule has 0 saturated carbocycles. The van der Waals surface area contributed by atoms with Gasteiger partial charge in [0.2, 0.25) is 0 Å². The van der Waals surface area contributed by atoms with E-state index < -0.39 is 4.92 Å². The number of imidazole rings is 1. The monoisotopic (exact) mass is 324 g/mol. The van der Waals surface area contributed by atoms with E-state index in [1.165, 1.54) is 15.3 Å². The van der Waals surface area contributed by atoms with Crippen LogP contribution in [0.2, 0.25) is 0 Å². The maximum absolute atomic E-state index is 11.8. The molecule has 0 fully saturated rings. The van der Waals surface area contributed by atoms with Crippen LogP contribution in [0.5, 0.6) is 0 Å². The number of nitrogens with zero attached hydrogens (tertiary/aromatic N) is 6. The Kier molecular flexibility index (Phi) is 3.22. The Morgan fingerprint density at radius 2 is 2.05 bits per heavy atom. The number of aryl methyl sites for hydroxylation is 2. The van der Waals surface area contributed by atoms with Gasteiger partial charge in [0.25, 0.3) is 0 Å². The van der Waals surface area contributed by atoms with Gasteiger partial charge in [-0.2, -0.15) is 0 Å². The molecule has 3 aromatic heterocycles. The normalized spacial score (nSPS) is 11.1. The lowest BCUT2D eigenvalue weighted by atomic mass is 10.5. The second-order valence-corrected chi connectivity index (χ2v) is 6.31. The Bertz CT molecular complexity index is 911. The molecule has 0 N–H and O–H groups in total. The van der Waals surface area contributed by atoms with Crippen LogP contribution in [-0.4, -0.2) is 29.0 Å². The van der Waals surface area contributed by atoms with Crippen molar-refractivity contribution in [2.45, 2.75) is 9.50 Å². The summed E-state index contributed by atoms with van der Waals surface area (Å²) in [6.07, 6.45) is 2.75. The predicted octanol–water partition coefficient (Wildman–Crippen LogP) is 1.18. The number of hydrogen-bond donors (Lipinski definition) is 0. The van der Waals surface area contributed by atoms with Gasteiger partial charge in [0.15, 0.2) is 15.1 Å². The van der Waals surface area contributed by atoms with E-state index in [4.69, 9.17) is 0 Å². The fraction of sp³-hybridized carbons (Fsp3) is 0.200. The topological polar surface area (TPSA) is 109 Å². The van der Waals surface area contributed by atoms with Gasteiger partial charge in [0.05, 0.1) is 11.1 Å². The molecule has 3 rings (SSSR count). The van der Waals surface area contributed by atoms with E-state index in [1.54, 1.807) is 20.3 Å². The van der Waals surface area contributed by atoms with E-state index in [1.807, 2.05) is 0 Å². The highest BCUT2D eigenvalue weighted by molar-refractivity contribution is 8.00. The number of fused-ring (bicyclic) bond motifs is 1. The summed E-state index contributed by atoms with van der Waals surface area (Å²) in [4.78, 5) is 34.3. The van der Waals surface area contributed by atoms with Crippen LogP contribution in [0.3, 0.4) is 0 Å². The van der Waals surface area contributed by atoms with E-state index >= 15 is 0 Å². The van der Waals surface area contributed by atoms with E-state index in [0.29, 0.717) is 20.7 Å². The van der Waals surface area contributed by atoms with Gasteiger partial charge in [-0.05, 0) is 23.1 Å². The van der Waals surface area contributed by atoms with Crippen molar-refractivity contribution in [1.82, 2.24) is 24.1 Å². The molecular formula is C10H8N6O3S2. The molecular weight excluding hydrogens is 316 g/mol. The molecule has 0 aliphatic heterocycles. The Morgan fingerprint density at radius 3 is 2.71 bits per heavy atom. The summed E-state index contributed by atoms with van der Waals surface area (Å²) in [7, 11) is 3.27. The van der Waals surface area contributed by atoms with E-state index in [2.05, 4.69) is 15.0 Å². The van der Waals surface area contributed by atoms with Gasteiger partial charge in [-0.1, -0.05) is 0 Å². The number of nitro groups is 1. The lowest BCUT2D eigenvalue weighted by Crippen LogP contribution is -2.19. The zero-order chi connectivity index (χ0) is 15.1. The fourth-order valence-electron chi connectivity index (χ4n) is 1.76. The number of aromatic nitrogens is 5. The van der Waals surface area contributed by atoms with Gasteiger partial charge >= 0.3 is 10.7 Å². The first-order valence-electron chi connectivity index (χ1n) is 5.64. The van der Waals surface area contributed by atoms with Crippen molar-refractivity contribution in [3.63, 3.8) is 0 Å². The van der Waals surface area contributed by atoms with Crippen molar-refractivity contribution in [2.75, 3.05) is 0 Å². The van der Waals surface area contributed by atoms with Crippen LogP contribution in [-0.2, 0) is 14.1 Å². The molecule has 0 atom stereocenters. The summed E-state index contributed by atoms with van der Waals surface area (Å²) in [5.41, 5.74) is 0.939. The highest BCUT2D eigenvalue weighted by Crippen LogP contribution is 2.32. The Hall–Kier alpha value is -2.27. The van der Waals surface area contributed by atoms with Crippen molar-refractivity contribution in [2.24, 2.45) is 14.1 Å². The summed E-state index contributed by atoms with van der Waals surface area (Å²) in [6.45, 7) is 0. The van der Waals surface area contributed by atoms with Crippen LogP contribution in [0.25, 0.3) is 11.2 Å². The van der Waals surface area contributed by atoms with Gasteiger partial charge < -0.3 is 0 Å². The average molecular weight is 324 g/mol. The molecule has 11 heteroatoms. The third kappa shape index (κ3) is 2.29. The molecule has 0 saturated heterocycles. The molecule has 0 spiro atoms. The van der Waals surface area contributed by atoms with Gasteiger partial charge in [-0.3, -0.25) is 19.2 Å². The summed E-state index contributed by atoms with van der Waals surface area (Å²) < 4.78 is 3.35. The van der Waals surface area contributed by atoms with Crippen LogP contribution in [0.15, 0.2) is 26.7 Å². The molecule has 0 aliphatic carbocycles. The predicted molar refractivity (Wildman–Crippen MR) is 76.6 cm³/mol. The van der Waals surface area contributed by atoms with Gasteiger partial charge in [0.1, 0.15) is 11.7 Å². The largest absolute Gasteiger partial charge is 0.344 e. The Balaban J connectivity index is 1.99. The van der Waals surface area contributed by atoms with Gasteiger partial charge in [0, 0.05) is 14.1 Å². The van der Waals surface area contributed by atoms with Crippen molar-refractivity contribution < 1.29 is 4.92 Å². The molecule has 108 valence electrons. The molecule has 3 aromatic rings. The second-order valence-electron chi connectivity index (χ2n) is 4.09. The Morgan fingerprint density at radius 1 is 1.29 bits per heavy atom. The quantitative estimate of drug-likeness (QED) is 0.404. The molecule has 9 nitrogen and oxygen atoms in total. The first kappa shape index (κ1) is 13.7. The summed E-state index contributed by atoms with van der Waals surface area (Å²) >= 11 is 2.07. The zero-order valence-corrected chi connectivity index (χ0v) is 12.5. The minimum Gasteiger partial charge on any atom is -0.292 e. The van der Waals surface area contributed by atoms with Crippen molar-refractivity contribution in [1.29, 1.82) is 0 Å². The summed E-state index contributed by atoms with van der Waals surface area (Å²) in [6, 6.07) is 0. The molecule has 0 aromatic carbocycles. The number of rotatable bonds is 3. The smallest absolute Gasteiger partial charge is 0.292 e. The van der Waals surface area contributed by atoms with Crippen molar-refractivity contribution in [3.8, 4) is 0 Å². The van der Waals surface area contributed by atoms with E-state index in [9.17, 15) is 14.9 Å². The fourth-order valence-corrected chi connectivity index (χ4v) is 3.37. The first-order chi connectivity index (χ1) is 9.97. The lowest BCUT2D eigenvalue weighted by Gasteiger charge is -1.97. The van der Waals surface area contributed by atoms with E-state index in [-0.39, 0.29) is 10.7 Å². The van der Waals surface area contributed by atoms with Gasteiger partial charge in [-0.15, -0.1) is 0 Å². The first-order valence-corrected chi connectivity index (χ1v) is 7.27. The van der Waals surface area contributed by atoms with Crippen molar-refractivity contribution >= 4 is 39.3 Å². The highest BCUT2D eigenvalue weighted by Gasteiger charge is 2.15. The van der Waals surface area contributed by atoms with Crippen LogP contribution in [0.1, 0.15) is 0 Å². The third-order valence-corrected chi connectivity index (χ3v) is 4.71. The molecule has 21 heavy (non-hydrogen) atoms. The minimum absolute atomic E-state index is 0.0364. The van der Waals surface area contributed by atoms with Crippen LogP contribution < -0.4 is 5.69 Å². The van der Waals surface area contributed by atoms with E-state index in [0.717, 1.165) is 23.1 Å². The number of hydrogen-bond acceptors (Lipinski definition) is 8. The van der Waals surface area contributed by atoms with Gasteiger partial charge in [-0.25, -0.2) is 19.7 Å². The SMILES string of the molecule is Cn1c(=O)n(C)c2nc(Sc3ncc([N+](=O)[O-])s3)ncc21. The molecule has 3 heterocycles. The van der Waals surface area contributed by atoms with Crippen molar-refractivity contribution in [3.05, 3.63) is 33.0 Å². The minimum atomic E-state index is -0.493. The van der Waals surface area contributed by atoms with Crippen LogP contribution in [0, 0.1) is 10.1 Å². The zero-order valence-electron chi connectivity index (χ0n) is 10.9. The maximum Gasteiger partial charge on any atom is 0.344 e. The highest BCUT2D eigenvalue weighted by atomic mass is 32.2. The third-order valence-electron chi connectivity index (χ3n) is 2.81. The number of thiazole rings is 1. The molecule has 0 aliphatic rings. The Labute approximate surface area is 125 Å². The average Bonchev–Trinajstić information content (AvgIpc) is 3.00. The van der Waals surface area contributed by atoms with Crippen LogP contribution >= 0.6 is 23.1 Å². The van der Waals surface area contributed by atoms with Crippen LogP contribution in [0.4, 0.5) is 5.00 Å². The molecule has 0 bridgehead atoms. The summed E-state index contributed by atoms with van der Waals surface area (Å²) in [5.74, 6) is 0. The standard InChI is InChI=1S/C10H8N6O3S2/c1-14-5-3-11-8(13-7(5)15(2)10(14)17)21-9-12-4-6(20-9)16(18)19/h3-4H,1-2H3. The molecule has 0 radical (unpaired) electrons. The molecule has 0 unspecified atom stereocenters. The molecule has 0 amide bonds. The second kappa shape index (κ2) is 4.93.